The minimum absolute atomic E-state index is 0.0758. The third-order valence-corrected chi connectivity index (χ3v) is 10.1. The van der Waals surface area contributed by atoms with Crippen molar-refractivity contribution in [3.8, 4) is 22.8 Å². The van der Waals surface area contributed by atoms with Gasteiger partial charge in [0.2, 0.25) is 0 Å². The van der Waals surface area contributed by atoms with Crippen LogP contribution in [0.1, 0.15) is 90.3 Å². The number of benzene rings is 3. The van der Waals surface area contributed by atoms with Crippen LogP contribution in [0.15, 0.2) is 78.0 Å². The van der Waals surface area contributed by atoms with Crippen LogP contribution >= 0.6 is 11.3 Å². The van der Waals surface area contributed by atoms with Crippen molar-refractivity contribution in [1.29, 1.82) is 0 Å². The molecule has 4 aromatic rings. The fourth-order valence-corrected chi connectivity index (χ4v) is 7.66. The van der Waals surface area contributed by atoms with E-state index in [2.05, 4.69) is 53.7 Å². The van der Waals surface area contributed by atoms with Crippen molar-refractivity contribution in [3.05, 3.63) is 99.4 Å². The summed E-state index contributed by atoms with van der Waals surface area (Å²) >= 11 is 2.00. The van der Waals surface area contributed by atoms with Crippen LogP contribution in [0.2, 0.25) is 0 Å². The Morgan fingerprint density at radius 3 is 1.91 bits per heavy atom. The van der Waals surface area contributed by atoms with Crippen LogP contribution in [-0.4, -0.2) is 16.0 Å². The fraction of sp³-hybridized carbons (Fsp3) is 0.389. The number of aromatic nitrogens is 1. The summed E-state index contributed by atoms with van der Waals surface area (Å²) in [6.07, 6.45) is 13.3. The second kappa shape index (κ2) is 14.1. The Balaban J connectivity index is 1.05. The van der Waals surface area contributed by atoms with E-state index in [4.69, 9.17) is 25.4 Å². The highest BCUT2D eigenvalue weighted by Crippen LogP contribution is 2.41. The zero-order valence-electron chi connectivity index (χ0n) is 24.7. The first-order chi connectivity index (χ1) is 21.1. The molecule has 3 aromatic carbocycles. The van der Waals surface area contributed by atoms with E-state index in [1.165, 1.54) is 85.4 Å². The molecule has 2 fully saturated rings. The highest BCUT2D eigenvalue weighted by atomic mass is 32.1. The third kappa shape index (κ3) is 7.57. The van der Waals surface area contributed by atoms with E-state index >= 15 is 0 Å². The topological polar surface area (TPSA) is 90.0 Å². The van der Waals surface area contributed by atoms with Gasteiger partial charge in [0.1, 0.15) is 24.7 Å². The van der Waals surface area contributed by atoms with Gasteiger partial charge in [-0.15, -0.1) is 11.3 Å². The van der Waals surface area contributed by atoms with E-state index in [1.54, 1.807) is 24.3 Å². The molecule has 43 heavy (non-hydrogen) atoms. The Morgan fingerprint density at radius 2 is 1.33 bits per heavy atom. The molecule has 0 radical (unpaired) electrons. The normalized spacial score (nSPS) is 16.4. The van der Waals surface area contributed by atoms with Gasteiger partial charge in [-0.2, -0.15) is 0 Å². The van der Waals surface area contributed by atoms with E-state index in [9.17, 15) is 0 Å². The van der Waals surface area contributed by atoms with Gasteiger partial charge in [0.25, 0.3) is 0 Å². The second-order valence-corrected chi connectivity index (χ2v) is 13.1. The number of nitrogens with zero attached hydrogens (tertiary/aromatic N) is 2. The van der Waals surface area contributed by atoms with E-state index in [0.717, 1.165) is 28.5 Å². The lowest BCUT2D eigenvalue weighted by molar-refractivity contribution is 0.302. The van der Waals surface area contributed by atoms with Crippen molar-refractivity contribution in [2.45, 2.75) is 83.3 Å². The Bertz CT molecular complexity index is 1480. The molecule has 224 valence electrons. The fourth-order valence-electron chi connectivity index (χ4n) is 6.29. The van der Waals surface area contributed by atoms with Gasteiger partial charge < -0.3 is 20.4 Å². The van der Waals surface area contributed by atoms with Crippen molar-refractivity contribution in [3.63, 3.8) is 0 Å². The van der Waals surface area contributed by atoms with E-state index in [1.807, 2.05) is 11.3 Å². The molecule has 2 aliphatic carbocycles. The van der Waals surface area contributed by atoms with Crippen LogP contribution in [0.5, 0.6) is 11.5 Å². The first kappa shape index (κ1) is 29.2. The van der Waals surface area contributed by atoms with Crippen molar-refractivity contribution in [1.82, 2.24) is 4.98 Å². The standard InChI is InChI=1S/C36H41N3O3S/c37-35(39-40)29-16-20-32(21-17-29)42-24-27-12-10-26(11-13-27)23-41-31-18-14-28(15-19-31)34-33(22-25-6-4-5-7-25)43-36(38-34)30-8-2-1-3-9-30/h10-21,25,30,40H,1-9,22-24H2,(H2,37,39). The van der Waals surface area contributed by atoms with E-state index < -0.39 is 0 Å². The van der Waals surface area contributed by atoms with Gasteiger partial charge in [-0.3, -0.25) is 0 Å². The summed E-state index contributed by atoms with van der Waals surface area (Å²) in [7, 11) is 0. The molecule has 2 saturated carbocycles. The molecule has 0 amide bonds. The Morgan fingerprint density at radius 1 is 0.767 bits per heavy atom. The van der Waals surface area contributed by atoms with Crippen molar-refractivity contribution >= 4 is 17.2 Å². The summed E-state index contributed by atoms with van der Waals surface area (Å²) in [5.41, 5.74) is 10.9. The Hall–Kier alpha value is -3.84. The molecule has 0 saturated heterocycles. The predicted molar refractivity (Wildman–Crippen MR) is 173 cm³/mol. The maximum atomic E-state index is 8.80. The molecule has 0 unspecified atom stereocenters. The van der Waals surface area contributed by atoms with Gasteiger partial charge in [-0.1, -0.05) is 74.4 Å². The monoisotopic (exact) mass is 595 g/mol. The van der Waals surface area contributed by atoms with Crippen LogP contribution in [-0.2, 0) is 19.6 Å². The molecule has 6 nitrogen and oxygen atoms in total. The number of oxime groups is 1. The van der Waals surface area contributed by atoms with Gasteiger partial charge in [-0.05, 0) is 84.8 Å². The lowest BCUT2D eigenvalue weighted by Crippen LogP contribution is -2.12. The summed E-state index contributed by atoms with van der Waals surface area (Å²) in [5, 5.41) is 13.2. The quantitative estimate of drug-likeness (QED) is 0.0782. The van der Waals surface area contributed by atoms with Crippen molar-refractivity contribution < 1.29 is 14.7 Å². The molecule has 0 atom stereocenters. The smallest absolute Gasteiger partial charge is 0.170 e. The minimum Gasteiger partial charge on any atom is -0.489 e. The van der Waals surface area contributed by atoms with E-state index in [-0.39, 0.29) is 5.84 Å². The SMILES string of the molecule is N/C(=N\O)c1ccc(OCc2ccc(COc3ccc(-c4nc(C5CCCCC5)sc4CC4CCCC4)cc3)cc2)cc1. The largest absolute Gasteiger partial charge is 0.489 e. The van der Waals surface area contributed by atoms with Crippen molar-refractivity contribution in [2.75, 3.05) is 0 Å². The molecule has 0 bridgehead atoms. The summed E-state index contributed by atoms with van der Waals surface area (Å²) in [5.74, 6) is 3.13. The second-order valence-electron chi connectivity index (χ2n) is 11.9. The van der Waals surface area contributed by atoms with Crippen LogP contribution in [0.4, 0.5) is 0 Å². The van der Waals surface area contributed by atoms with E-state index in [0.29, 0.717) is 24.7 Å². The number of hydrogen-bond acceptors (Lipinski definition) is 6. The first-order valence-corrected chi connectivity index (χ1v) is 16.5. The lowest BCUT2D eigenvalue weighted by atomic mass is 9.90. The number of ether oxygens (including phenoxy) is 2. The average Bonchev–Trinajstić information content (AvgIpc) is 3.74. The van der Waals surface area contributed by atoms with Gasteiger partial charge in [0.05, 0.1) is 10.7 Å². The summed E-state index contributed by atoms with van der Waals surface area (Å²) in [6.45, 7) is 0.957. The molecule has 0 aliphatic heterocycles. The van der Waals surface area contributed by atoms with Crippen molar-refractivity contribution in [2.24, 2.45) is 16.8 Å². The van der Waals surface area contributed by atoms with Gasteiger partial charge in [-0.25, -0.2) is 4.98 Å². The molecular weight excluding hydrogens is 554 g/mol. The molecule has 7 heteroatoms. The van der Waals surface area contributed by atoms with Gasteiger partial charge in [0.15, 0.2) is 5.84 Å². The van der Waals surface area contributed by atoms with Crippen LogP contribution < -0.4 is 15.2 Å². The third-order valence-electron chi connectivity index (χ3n) is 8.84. The maximum absolute atomic E-state index is 8.80. The van der Waals surface area contributed by atoms with Crippen LogP contribution in [0.3, 0.4) is 0 Å². The Kier molecular flexibility index (Phi) is 9.58. The highest BCUT2D eigenvalue weighted by molar-refractivity contribution is 7.12. The molecule has 3 N–H and O–H groups in total. The predicted octanol–water partition coefficient (Wildman–Crippen LogP) is 8.84. The molecule has 2 aliphatic rings. The molecular formula is C36H41N3O3S. The zero-order chi connectivity index (χ0) is 29.4. The molecule has 6 rings (SSSR count). The number of thiazole rings is 1. The average molecular weight is 596 g/mol. The summed E-state index contributed by atoms with van der Waals surface area (Å²) < 4.78 is 12.0. The molecule has 0 spiro atoms. The number of hydrogen-bond donors (Lipinski definition) is 2. The lowest BCUT2D eigenvalue weighted by Gasteiger charge is -2.18. The maximum Gasteiger partial charge on any atom is 0.170 e. The van der Waals surface area contributed by atoms with Crippen LogP contribution in [0.25, 0.3) is 11.3 Å². The van der Waals surface area contributed by atoms with Crippen LogP contribution in [0, 0.1) is 5.92 Å². The van der Waals surface area contributed by atoms with Gasteiger partial charge in [0, 0.05) is 21.9 Å². The zero-order valence-corrected chi connectivity index (χ0v) is 25.5. The number of rotatable bonds is 11. The summed E-state index contributed by atoms with van der Waals surface area (Å²) in [6, 6.07) is 24.0. The van der Waals surface area contributed by atoms with Gasteiger partial charge >= 0.3 is 0 Å². The minimum atomic E-state index is 0.0758. The molecule has 1 aromatic heterocycles. The number of amidine groups is 1. The highest BCUT2D eigenvalue weighted by Gasteiger charge is 2.24. The molecule has 1 heterocycles. The Labute approximate surface area is 258 Å². The first-order valence-electron chi connectivity index (χ1n) is 15.7. The number of nitrogens with two attached hydrogens (primary N) is 1. The summed E-state index contributed by atoms with van der Waals surface area (Å²) in [4.78, 5) is 6.76.